The molecule has 0 amide bonds. The Morgan fingerprint density at radius 1 is 1.25 bits per heavy atom. The van der Waals surface area contributed by atoms with Gasteiger partial charge in [0.05, 0.1) is 0 Å². The SMILES string of the molecule is [CH2]CC/C=C/CCC. The molecular weight excluding hydrogens is 96.1 g/mol. The van der Waals surface area contributed by atoms with Crippen LogP contribution < -0.4 is 0 Å². The van der Waals surface area contributed by atoms with Gasteiger partial charge in [-0.25, -0.2) is 0 Å². The summed E-state index contributed by atoms with van der Waals surface area (Å²) >= 11 is 0. The van der Waals surface area contributed by atoms with Gasteiger partial charge in [0, 0.05) is 0 Å². The van der Waals surface area contributed by atoms with E-state index in [2.05, 4.69) is 26.0 Å². The van der Waals surface area contributed by atoms with Gasteiger partial charge in [0.1, 0.15) is 0 Å². The molecule has 0 aliphatic carbocycles. The minimum Gasteiger partial charge on any atom is -0.0885 e. The Bertz CT molecular complexity index is 45.1. The number of hydrogen-bond acceptors (Lipinski definition) is 0. The lowest BCUT2D eigenvalue weighted by Gasteiger charge is -1.83. The molecule has 0 atom stereocenters. The van der Waals surface area contributed by atoms with Crippen molar-refractivity contribution in [3.63, 3.8) is 0 Å². The smallest absolute Gasteiger partial charge is 0.0351 e. The molecule has 0 aliphatic rings. The van der Waals surface area contributed by atoms with E-state index >= 15 is 0 Å². The highest BCUT2D eigenvalue weighted by atomic mass is 13.8. The zero-order chi connectivity index (χ0) is 6.24. The molecular formula is C8H15. The molecule has 0 heterocycles. The summed E-state index contributed by atoms with van der Waals surface area (Å²) in [6.07, 6.45) is 9.08. The van der Waals surface area contributed by atoms with E-state index in [9.17, 15) is 0 Å². The molecule has 0 fully saturated rings. The van der Waals surface area contributed by atoms with Gasteiger partial charge in [0.2, 0.25) is 0 Å². The number of allylic oxidation sites excluding steroid dienone is 2. The molecule has 0 aromatic carbocycles. The normalized spacial score (nSPS) is 10.8. The van der Waals surface area contributed by atoms with E-state index in [1.807, 2.05) is 0 Å². The first-order chi connectivity index (χ1) is 3.91. The highest BCUT2D eigenvalue weighted by Gasteiger charge is 1.72. The van der Waals surface area contributed by atoms with Crippen LogP contribution in [-0.4, -0.2) is 0 Å². The summed E-state index contributed by atoms with van der Waals surface area (Å²) in [5, 5.41) is 0. The lowest BCUT2D eigenvalue weighted by molar-refractivity contribution is 0.943. The average molecular weight is 111 g/mol. The lowest BCUT2D eigenvalue weighted by Crippen LogP contribution is -1.62. The second kappa shape index (κ2) is 6.74. The number of unbranched alkanes of at least 4 members (excludes halogenated alkanes) is 2. The van der Waals surface area contributed by atoms with Crippen molar-refractivity contribution in [2.75, 3.05) is 0 Å². The van der Waals surface area contributed by atoms with Gasteiger partial charge >= 0.3 is 0 Å². The van der Waals surface area contributed by atoms with Crippen LogP contribution in [0.25, 0.3) is 0 Å². The van der Waals surface area contributed by atoms with E-state index in [1.165, 1.54) is 12.8 Å². The van der Waals surface area contributed by atoms with E-state index in [4.69, 9.17) is 0 Å². The third-order valence-corrected chi connectivity index (χ3v) is 0.993. The number of hydrogen-bond donors (Lipinski definition) is 0. The summed E-state index contributed by atoms with van der Waals surface area (Å²) in [5.74, 6) is 0. The molecule has 0 aromatic rings. The standard InChI is InChI=1S/C8H15/c1-3-5-7-8-6-4-2/h7-8H,1,3-6H2,2H3/b8-7+. The Labute approximate surface area is 52.6 Å². The van der Waals surface area contributed by atoms with Crippen LogP contribution in [0.15, 0.2) is 12.2 Å². The van der Waals surface area contributed by atoms with Crippen LogP contribution in [0.5, 0.6) is 0 Å². The van der Waals surface area contributed by atoms with Gasteiger partial charge < -0.3 is 0 Å². The van der Waals surface area contributed by atoms with Crippen LogP contribution in [-0.2, 0) is 0 Å². The van der Waals surface area contributed by atoms with E-state index in [0.29, 0.717) is 0 Å². The predicted octanol–water partition coefficient (Wildman–Crippen LogP) is 2.96. The third kappa shape index (κ3) is 5.74. The topological polar surface area (TPSA) is 0 Å². The van der Waals surface area contributed by atoms with E-state index in [0.717, 1.165) is 12.8 Å². The molecule has 0 rings (SSSR count). The Balaban J connectivity index is 2.83. The van der Waals surface area contributed by atoms with Crippen LogP contribution in [0.4, 0.5) is 0 Å². The van der Waals surface area contributed by atoms with Crippen molar-refractivity contribution in [2.24, 2.45) is 0 Å². The zero-order valence-electron chi connectivity index (χ0n) is 5.69. The van der Waals surface area contributed by atoms with Gasteiger partial charge in [-0.15, -0.1) is 0 Å². The molecule has 0 aromatic heterocycles. The molecule has 8 heavy (non-hydrogen) atoms. The Morgan fingerprint density at radius 3 is 2.38 bits per heavy atom. The quantitative estimate of drug-likeness (QED) is 0.489. The molecule has 0 spiro atoms. The van der Waals surface area contributed by atoms with Crippen molar-refractivity contribution in [3.8, 4) is 0 Å². The summed E-state index contributed by atoms with van der Waals surface area (Å²) < 4.78 is 0. The molecule has 0 unspecified atom stereocenters. The Kier molecular flexibility index (Phi) is 6.52. The summed E-state index contributed by atoms with van der Waals surface area (Å²) in [7, 11) is 0. The van der Waals surface area contributed by atoms with Crippen molar-refractivity contribution in [1.82, 2.24) is 0 Å². The van der Waals surface area contributed by atoms with Crippen molar-refractivity contribution >= 4 is 0 Å². The van der Waals surface area contributed by atoms with Crippen LogP contribution >= 0.6 is 0 Å². The fourth-order valence-electron chi connectivity index (χ4n) is 0.520. The van der Waals surface area contributed by atoms with Gasteiger partial charge in [-0.3, -0.25) is 0 Å². The molecule has 0 nitrogen and oxygen atoms in total. The Morgan fingerprint density at radius 2 is 1.88 bits per heavy atom. The largest absolute Gasteiger partial charge is 0.0885 e. The first kappa shape index (κ1) is 7.74. The Hall–Kier alpha value is -0.260. The number of rotatable bonds is 4. The molecule has 0 saturated heterocycles. The van der Waals surface area contributed by atoms with Crippen LogP contribution in [0.1, 0.15) is 32.6 Å². The third-order valence-electron chi connectivity index (χ3n) is 0.993. The van der Waals surface area contributed by atoms with E-state index in [-0.39, 0.29) is 0 Å². The van der Waals surface area contributed by atoms with E-state index in [1.54, 1.807) is 0 Å². The molecule has 0 saturated carbocycles. The molecule has 0 bridgehead atoms. The van der Waals surface area contributed by atoms with Crippen LogP contribution in [0.3, 0.4) is 0 Å². The van der Waals surface area contributed by atoms with Crippen LogP contribution in [0.2, 0.25) is 0 Å². The fourth-order valence-corrected chi connectivity index (χ4v) is 0.520. The maximum atomic E-state index is 3.73. The van der Waals surface area contributed by atoms with Crippen molar-refractivity contribution in [1.29, 1.82) is 0 Å². The van der Waals surface area contributed by atoms with E-state index < -0.39 is 0 Å². The van der Waals surface area contributed by atoms with Crippen LogP contribution in [0, 0.1) is 6.92 Å². The highest BCUT2D eigenvalue weighted by molar-refractivity contribution is 4.80. The van der Waals surface area contributed by atoms with Gasteiger partial charge in [-0.2, -0.15) is 0 Å². The predicted molar refractivity (Wildman–Crippen MR) is 38.6 cm³/mol. The van der Waals surface area contributed by atoms with Gasteiger partial charge in [0.15, 0.2) is 0 Å². The summed E-state index contributed by atoms with van der Waals surface area (Å²) in [6.45, 7) is 5.92. The van der Waals surface area contributed by atoms with Gasteiger partial charge in [0.25, 0.3) is 0 Å². The summed E-state index contributed by atoms with van der Waals surface area (Å²) in [6, 6.07) is 0. The van der Waals surface area contributed by atoms with Gasteiger partial charge in [-0.1, -0.05) is 32.4 Å². The monoisotopic (exact) mass is 111 g/mol. The lowest BCUT2D eigenvalue weighted by atomic mass is 10.2. The molecule has 47 valence electrons. The van der Waals surface area contributed by atoms with Gasteiger partial charge in [-0.05, 0) is 19.3 Å². The fraction of sp³-hybridized carbons (Fsp3) is 0.625. The second-order valence-electron chi connectivity index (χ2n) is 1.90. The minimum atomic E-state index is 1.03. The first-order valence-corrected chi connectivity index (χ1v) is 3.36. The second-order valence-corrected chi connectivity index (χ2v) is 1.90. The first-order valence-electron chi connectivity index (χ1n) is 3.36. The maximum Gasteiger partial charge on any atom is -0.0351 e. The summed E-state index contributed by atoms with van der Waals surface area (Å²) in [4.78, 5) is 0. The zero-order valence-corrected chi connectivity index (χ0v) is 5.69. The minimum absolute atomic E-state index is 1.03. The molecule has 1 radical (unpaired) electrons. The molecule has 0 heteroatoms. The molecule has 0 N–H and O–H groups in total. The average Bonchev–Trinajstić information content (AvgIpc) is 1.81. The van der Waals surface area contributed by atoms with Crippen molar-refractivity contribution in [3.05, 3.63) is 19.1 Å². The highest BCUT2D eigenvalue weighted by Crippen LogP contribution is 1.92. The maximum absolute atomic E-state index is 3.73. The van der Waals surface area contributed by atoms with Crippen molar-refractivity contribution in [2.45, 2.75) is 32.6 Å². The summed E-state index contributed by atoms with van der Waals surface area (Å²) in [5.41, 5.74) is 0. The van der Waals surface area contributed by atoms with Crippen molar-refractivity contribution < 1.29 is 0 Å². The molecule has 0 aliphatic heterocycles.